The number of rotatable bonds is 6. The first kappa shape index (κ1) is 22.2. The molecule has 1 amide bonds. The minimum atomic E-state index is -0.471. The smallest absolute Gasteiger partial charge is 0.244 e. The van der Waals surface area contributed by atoms with Gasteiger partial charge in [0.1, 0.15) is 17.9 Å². The van der Waals surface area contributed by atoms with Gasteiger partial charge in [0.25, 0.3) is 0 Å². The summed E-state index contributed by atoms with van der Waals surface area (Å²) in [5.41, 5.74) is 1.25. The van der Waals surface area contributed by atoms with Crippen LogP contribution in [0.2, 0.25) is 5.02 Å². The van der Waals surface area contributed by atoms with Gasteiger partial charge in [-0.3, -0.25) is 14.4 Å². The van der Waals surface area contributed by atoms with Crippen molar-refractivity contribution in [3.8, 4) is 5.75 Å². The van der Waals surface area contributed by atoms with Gasteiger partial charge in [-0.15, -0.1) is 0 Å². The first-order chi connectivity index (χ1) is 15.9. The van der Waals surface area contributed by atoms with Crippen molar-refractivity contribution in [3.63, 3.8) is 0 Å². The van der Waals surface area contributed by atoms with Crippen molar-refractivity contribution in [2.75, 3.05) is 12.4 Å². The molecule has 0 atom stereocenters. The number of benzene rings is 2. The van der Waals surface area contributed by atoms with Crippen LogP contribution in [0.15, 0.2) is 71.7 Å². The monoisotopic (exact) mass is 461 g/mol. The largest absolute Gasteiger partial charge is 0.497 e. The summed E-state index contributed by atoms with van der Waals surface area (Å²) < 4.78 is 6.69. The van der Waals surface area contributed by atoms with Crippen LogP contribution >= 0.6 is 11.6 Å². The molecule has 0 radical (unpaired) electrons. The van der Waals surface area contributed by atoms with E-state index in [1.807, 2.05) is 0 Å². The highest BCUT2D eigenvalue weighted by atomic mass is 35.5. The average Bonchev–Trinajstić information content (AvgIpc) is 2.82. The van der Waals surface area contributed by atoms with E-state index in [0.29, 0.717) is 33.4 Å². The molecule has 1 N–H and O–H groups in total. The number of ketones is 1. The third kappa shape index (κ3) is 4.63. The molecule has 0 saturated carbocycles. The molecule has 0 bridgehead atoms. The molecule has 33 heavy (non-hydrogen) atoms. The summed E-state index contributed by atoms with van der Waals surface area (Å²) in [6, 6.07) is 16.7. The number of para-hydroxylation sites is 1. The predicted octanol–water partition coefficient (Wildman–Crippen LogP) is 4.24. The fourth-order valence-electron chi connectivity index (χ4n) is 3.47. The summed E-state index contributed by atoms with van der Waals surface area (Å²) in [4.78, 5) is 43.6. The van der Waals surface area contributed by atoms with E-state index in [1.54, 1.807) is 67.6 Å². The third-order valence-corrected chi connectivity index (χ3v) is 5.43. The lowest BCUT2D eigenvalue weighted by Crippen LogP contribution is -2.25. The zero-order chi connectivity index (χ0) is 23.5. The zero-order valence-corrected chi connectivity index (χ0v) is 18.7. The molecule has 166 valence electrons. The Balaban J connectivity index is 1.78. The van der Waals surface area contributed by atoms with E-state index in [9.17, 15) is 14.4 Å². The van der Waals surface area contributed by atoms with Crippen LogP contribution in [-0.4, -0.2) is 28.4 Å². The molecule has 8 heteroatoms. The number of hydrogen-bond donors (Lipinski definition) is 1. The Hall–Kier alpha value is -3.97. The maximum Gasteiger partial charge on any atom is 0.244 e. The Bertz CT molecular complexity index is 1450. The normalized spacial score (nSPS) is 10.8. The topological polar surface area (TPSA) is 90.3 Å². The standard InChI is InChI=1S/C25H20ClN3O4/c1-15-10-11-18-24(32)19(23(31)16-6-5-7-17(12-16)33-2)13-29(25(18)27-15)14-22(30)28-21-9-4-3-8-20(21)26/h3-13H,14H2,1-2H3,(H,28,30). The number of pyridine rings is 2. The fourth-order valence-corrected chi connectivity index (χ4v) is 3.65. The molecule has 7 nitrogen and oxygen atoms in total. The minimum absolute atomic E-state index is 0.0630. The summed E-state index contributed by atoms with van der Waals surface area (Å²) in [6.45, 7) is 1.62. The summed E-state index contributed by atoms with van der Waals surface area (Å²) in [7, 11) is 1.50. The van der Waals surface area contributed by atoms with E-state index in [1.165, 1.54) is 17.9 Å². The lowest BCUT2D eigenvalue weighted by atomic mass is 10.0. The van der Waals surface area contributed by atoms with Crippen molar-refractivity contribution in [2.24, 2.45) is 0 Å². The predicted molar refractivity (Wildman–Crippen MR) is 127 cm³/mol. The number of halogens is 1. The lowest BCUT2D eigenvalue weighted by Gasteiger charge is -2.14. The second kappa shape index (κ2) is 9.26. The van der Waals surface area contributed by atoms with E-state index in [2.05, 4.69) is 10.3 Å². The molecule has 0 aliphatic heterocycles. The number of nitrogens with zero attached hydrogens (tertiary/aromatic N) is 2. The van der Waals surface area contributed by atoms with Crippen LogP contribution in [0, 0.1) is 6.92 Å². The Morgan fingerprint density at radius 3 is 2.64 bits per heavy atom. The van der Waals surface area contributed by atoms with E-state index >= 15 is 0 Å². The van der Waals surface area contributed by atoms with Gasteiger partial charge in [-0.25, -0.2) is 4.98 Å². The first-order valence-electron chi connectivity index (χ1n) is 10.1. The van der Waals surface area contributed by atoms with Gasteiger partial charge in [-0.05, 0) is 43.3 Å². The van der Waals surface area contributed by atoms with Crippen LogP contribution in [0.1, 0.15) is 21.6 Å². The van der Waals surface area contributed by atoms with Crippen molar-refractivity contribution >= 4 is 40.0 Å². The number of hydrogen-bond acceptors (Lipinski definition) is 5. The fraction of sp³-hybridized carbons (Fsp3) is 0.120. The Labute approximate surface area is 194 Å². The number of ether oxygens (including phenoxy) is 1. The van der Waals surface area contributed by atoms with Gasteiger partial charge in [0.2, 0.25) is 11.3 Å². The highest BCUT2D eigenvalue weighted by Crippen LogP contribution is 2.21. The first-order valence-corrected chi connectivity index (χ1v) is 10.5. The molecular formula is C25H20ClN3O4. The van der Waals surface area contributed by atoms with Crippen molar-refractivity contribution in [1.82, 2.24) is 9.55 Å². The second-order valence-corrected chi connectivity index (χ2v) is 7.82. The molecule has 0 spiro atoms. The van der Waals surface area contributed by atoms with Crippen molar-refractivity contribution < 1.29 is 14.3 Å². The number of anilines is 1. The summed E-state index contributed by atoms with van der Waals surface area (Å²) in [5.74, 6) is -0.351. The molecule has 0 aliphatic rings. The second-order valence-electron chi connectivity index (χ2n) is 7.41. The van der Waals surface area contributed by atoms with Crippen LogP contribution < -0.4 is 15.5 Å². The Kier molecular flexibility index (Phi) is 6.24. The van der Waals surface area contributed by atoms with Gasteiger partial charge in [0.05, 0.1) is 28.8 Å². The SMILES string of the molecule is COc1cccc(C(=O)c2cn(CC(=O)Nc3ccccc3Cl)c3nc(C)ccc3c2=O)c1. The number of nitrogens with one attached hydrogen (secondary N) is 1. The van der Waals surface area contributed by atoms with Gasteiger partial charge in [0.15, 0.2) is 5.78 Å². The molecule has 2 aromatic carbocycles. The molecule has 0 unspecified atom stereocenters. The van der Waals surface area contributed by atoms with Crippen molar-refractivity contribution in [2.45, 2.75) is 13.5 Å². The molecule has 2 aromatic heterocycles. The Morgan fingerprint density at radius 1 is 1.09 bits per heavy atom. The number of fused-ring (bicyclic) bond motifs is 1. The number of aromatic nitrogens is 2. The maximum atomic E-state index is 13.2. The number of aryl methyl sites for hydroxylation is 1. The maximum absolute atomic E-state index is 13.2. The average molecular weight is 462 g/mol. The van der Waals surface area contributed by atoms with Crippen LogP contribution in [0.3, 0.4) is 0 Å². The number of carbonyl (C=O) groups is 2. The van der Waals surface area contributed by atoms with Crippen LogP contribution in [-0.2, 0) is 11.3 Å². The molecule has 4 rings (SSSR count). The highest BCUT2D eigenvalue weighted by molar-refractivity contribution is 6.33. The minimum Gasteiger partial charge on any atom is -0.497 e. The number of methoxy groups -OCH3 is 1. The highest BCUT2D eigenvalue weighted by Gasteiger charge is 2.19. The summed E-state index contributed by atoms with van der Waals surface area (Å²) in [6.07, 6.45) is 1.38. The van der Waals surface area contributed by atoms with Gasteiger partial charge < -0.3 is 14.6 Å². The van der Waals surface area contributed by atoms with E-state index in [0.717, 1.165) is 0 Å². The molecular weight excluding hydrogens is 442 g/mol. The Morgan fingerprint density at radius 2 is 1.88 bits per heavy atom. The molecule has 0 saturated heterocycles. The van der Waals surface area contributed by atoms with Crippen molar-refractivity contribution in [1.29, 1.82) is 0 Å². The van der Waals surface area contributed by atoms with Crippen LogP contribution in [0.4, 0.5) is 5.69 Å². The molecule has 0 aliphatic carbocycles. The molecule has 0 fully saturated rings. The van der Waals surface area contributed by atoms with Gasteiger partial charge in [0, 0.05) is 17.5 Å². The third-order valence-electron chi connectivity index (χ3n) is 5.10. The molecule has 4 aromatic rings. The lowest BCUT2D eigenvalue weighted by molar-refractivity contribution is -0.116. The van der Waals surface area contributed by atoms with E-state index in [-0.39, 0.29) is 23.4 Å². The van der Waals surface area contributed by atoms with E-state index in [4.69, 9.17) is 16.3 Å². The summed E-state index contributed by atoms with van der Waals surface area (Å²) >= 11 is 6.14. The quantitative estimate of drug-likeness (QED) is 0.434. The number of carbonyl (C=O) groups excluding carboxylic acids is 2. The molecule has 2 heterocycles. The van der Waals surface area contributed by atoms with Gasteiger partial charge in [-0.2, -0.15) is 0 Å². The number of amides is 1. The van der Waals surface area contributed by atoms with Gasteiger partial charge in [-0.1, -0.05) is 35.9 Å². The zero-order valence-electron chi connectivity index (χ0n) is 18.0. The van der Waals surface area contributed by atoms with E-state index < -0.39 is 11.2 Å². The summed E-state index contributed by atoms with van der Waals surface area (Å²) in [5, 5.41) is 3.40. The van der Waals surface area contributed by atoms with Crippen LogP contribution in [0.25, 0.3) is 11.0 Å². The van der Waals surface area contributed by atoms with Gasteiger partial charge >= 0.3 is 0 Å². The van der Waals surface area contributed by atoms with Crippen LogP contribution in [0.5, 0.6) is 5.75 Å². The van der Waals surface area contributed by atoms with Crippen molar-refractivity contribution in [3.05, 3.63) is 98.9 Å².